The summed E-state index contributed by atoms with van der Waals surface area (Å²) in [5, 5.41) is 11.5. The van der Waals surface area contributed by atoms with E-state index in [4.69, 9.17) is 9.84 Å². The zero-order chi connectivity index (χ0) is 15.0. The Morgan fingerprint density at radius 3 is 2.70 bits per heavy atom. The predicted molar refractivity (Wildman–Crippen MR) is 72.6 cm³/mol. The molecule has 7 heteroatoms. The molecule has 0 aliphatic carbocycles. The molecule has 0 spiro atoms. The van der Waals surface area contributed by atoms with Crippen molar-refractivity contribution in [3.05, 3.63) is 29.6 Å². The molecule has 7 nitrogen and oxygen atoms in total. The van der Waals surface area contributed by atoms with E-state index in [0.29, 0.717) is 26.2 Å². The SMILES string of the molecule is CCN(CCOC)C(=O)NCc1ccc(C(=O)O)nc1. The van der Waals surface area contributed by atoms with Crippen LogP contribution >= 0.6 is 0 Å². The van der Waals surface area contributed by atoms with Gasteiger partial charge in [0.15, 0.2) is 0 Å². The second-order valence-electron chi connectivity index (χ2n) is 4.09. The van der Waals surface area contributed by atoms with Crippen LogP contribution in [0.1, 0.15) is 23.0 Å². The number of carboxylic acids is 1. The van der Waals surface area contributed by atoms with Crippen molar-refractivity contribution in [2.45, 2.75) is 13.5 Å². The number of urea groups is 1. The van der Waals surface area contributed by atoms with E-state index >= 15 is 0 Å². The number of ether oxygens (including phenoxy) is 1. The minimum atomic E-state index is -1.07. The van der Waals surface area contributed by atoms with Gasteiger partial charge in [0.05, 0.1) is 6.61 Å². The Bertz CT molecular complexity index is 447. The van der Waals surface area contributed by atoms with Crippen LogP contribution in [0.3, 0.4) is 0 Å². The first-order valence-corrected chi connectivity index (χ1v) is 6.28. The number of hydrogen-bond donors (Lipinski definition) is 2. The van der Waals surface area contributed by atoms with Crippen LogP contribution in [0.15, 0.2) is 18.3 Å². The van der Waals surface area contributed by atoms with Gasteiger partial charge >= 0.3 is 12.0 Å². The number of carbonyl (C=O) groups excluding carboxylic acids is 1. The largest absolute Gasteiger partial charge is 0.477 e. The van der Waals surface area contributed by atoms with Crippen molar-refractivity contribution in [2.75, 3.05) is 26.8 Å². The van der Waals surface area contributed by atoms with Gasteiger partial charge in [-0.05, 0) is 18.6 Å². The number of pyridine rings is 1. The summed E-state index contributed by atoms with van der Waals surface area (Å²) in [7, 11) is 1.58. The highest BCUT2D eigenvalue weighted by Gasteiger charge is 2.10. The number of rotatable bonds is 7. The Hall–Kier alpha value is -2.15. The van der Waals surface area contributed by atoms with Crippen LogP contribution in [0.5, 0.6) is 0 Å². The first-order chi connectivity index (χ1) is 9.58. The van der Waals surface area contributed by atoms with Crippen LogP contribution in [0.2, 0.25) is 0 Å². The van der Waals surface area contributed by atoms with Gasteiger partial charge in [0.1, 0.15) is 5.69 Å². The van der Waals surface area contributed by atoms with E-state index in [0.717, 1.165) is 5.56 Å². The van der Waals surface area contributed by atoms with Crippen molar-refractivity contribution >= 4 is 12.0 Å². The van der Waals surface area contributed by atoms with Crippen LogP contribution in [-0.4, -0.2) is 53.8 Å². The van der Waals surface area contributed by atoms with Crippen LogP contribution < -0.4 is 5.32 Å². The lowest BCUT2D eigenvalue weighted by atomic mass is 10.2. The summed E-state index contributed by atoms with van der Waals surface area (Å²) in [6.07, 6.45) is 1.44. The van der Waals surface area contributed by atoms with Crippen LogP contribution in [0.4, 0.5) is 4.79 Å². The molecule has 0 bridgehead atoms. The average Bonchev–Trinajstić information content (AvgIpc) is 2.46. The van der Waals surface area contributed by atoms with E-state index in [2.05, 4.69) is 10.3 Å². The van der Waals surface area contributed by atoms with Crippen molar-refractivity contribution in [2.24, 2.45) is 0 Å². The fourth-order valence-electron chi connectivity index (χ4n) is 1.55. The number of amides is 2. The van der Waals surface area contributed by atoms with E-state index in [1.54, 1.807) is 18.1 Å². The maximum absolute atomic E-state index is 11.9. The molecule has 20 heavy (non-hydrogen) atoms. The van der Waals surface area contributed by atoms with Crippen molar-refractivity contribution in [3.8, 4) is 0 Å². The second-order valence-corrected chi connectivity index (χ2v) is 4.09. The molecule has 0 unspecified atom stereocenters. The highest BCUT2D eigenvalue weighted by molar-refractivity contribution is 5.85. The van der Waals surface area contributed by atoms with Gasteiger partial charge in [-0.2, -0.15) is 0 Å². The number of nitrogens with zero attached hydrogens (tertiary/aromatic N) is 2. The number of nitrogens with one attached hydrogen (secondary N) is 1. The van der Waals surface area contributed by atoms with Gasteiger partial charge in [-0.3, -0.25) is 0 Å². The lowest BCUT2D eigenvalue weighted by molar-refractivity contribution is 0.0690. The van der Waals surface area contributed by atoms with Crippen LogP contribution in [0, 0.1) is 0 Å². The molecule has 1 rings (SSSR count). The Morgan fingerprint density at radius 2 is 2.20 bits per heavy atom. The third kappa shape index (κ3) is 4.85. The zero-order valence-electron chi connectivity index (χ0n) is 11.6. The summed E-state index contributed by atoms with van der Waals surface area (Å²) in [5.74, 6) is -1.07. The highest BCUT2D eigenvalue weighted by atomic mass is 16.5. The van der Waals surface area contributed by atoms with Gasteiger partial charge in [0.2, 0.25) is 0 Å². The smallest absolute Gasteiger partial charge is 0.354 e. The third-order valence-electron chi connectivity index (χ3n) is 2.72. The average molecular weight is 281 g/mol. The summed E-state index contributed by atoms with van der Waals surface area (Å²) < 4.78 is 4.94. The molecular formula is C13H19N3O4. The van der Waals surface area contributed by atoms with Gasteiger partial charge in [-0.25, -0.2) is 14.6 Å². The maximum atomic E-state index is 11.9. The third-order valence-corrected chi connectivity index (χ3v) is 2.72. The number of methoxy groups -OCH3 is 1. The lowest BCUT2D eigenvalue weighted by Gasteiger charge is -2.20. The fourth-order valence-corrected chi connectivity index (χ4v) is 1.55. The summed E-state index contributed by atoms with van der Waals surface area (Å²) in [5.41, 5.74) is 0.724. The van der Waals surface area contributed by atoms with Crippen molar-refractivity contribution in [1.82, 2.24) is 15.2 Å². The molecule has 110 valence electrons. The molecule has 0 aromatic carbocycles. The quantitative estimate of drug-likeness (QED) is 0.776. The van der Waals surface area contributed by atoms with Crippen LogP contribution in [-0.2, 0) is 11.3 Å². The van der Waals surface area contributed by atoms with E-state index in [1.807, 2.05) is 6.92 Å². The first kappa shape index (κ1) is 15.9. The molecule has 2 N–H and O–H groups in total. The molecule has 0 aliphatic rings. The monoisotopic (exact) mass is 281 g/mol. The second kappa shape index (κ2) is 8.11. The predicted octanol–water partition coefficient (Wildman–Crippen LogP) is 0.958. The summed E-state index contributed by atoms with van der Waals surface area (Å²) in [6, 6.07) is 2.85. The van der Waals surface area contributed by atoms with Gasteiger partial charge in [-0.15, -0.1) is 0 Å². The van der Waals surface area contributed by atoms with Crippen molar-refractivity contribution < 1.29 is 19.4 Å². The molecule has 1 aromatic heterocycles. The Balaban J connectivity index is 2.49. The van der Waals surface area contributed by atoms with Gasteiger partial charge in [-0.1, -0.05) is 6.07 Å². The van der Waals surface area contributed by atoms with E-state index in [-0.39, 0.29) is 11.7 Å². The van der Waals surface area contributed by atoms with Gasteiger partial charge in [0, 0.05) is 32.9 Å². The maximum Gasteiger partial charge on any atom is 0.354 e. The molecule has 1 aromatic rings. The summed E-state index contributed by atoms with van der Waals surface area (Å²) >= 11 is 0. The Kier molecular flexibility index (Phi) is 6.45. The molecule has 0 atom stereocenters. The number of carboxylic acid groups (broad SMARTS) is 1. The number of hydrogen-bond acceptors (Lipinski definition) is 4. The van der Waals surface area contributed by atoms with Crippen molar-refractivity contribution in [3.63, 3.8) is 0 Å². The lowest BCUT2D eigenvalue weighted by Crippen LogP contribution is -2.41. The minimum Gasteiger partial charge on any atom is -0.477 e. The normalized spacial score (nSPS) is 10.1. The molecule has 1 heterocycles. The number of likely N-dealkylation sites (N-methyl/N-ethyl adjacent to an activating group) is 1. The van der Waals surface area contributed by atoms with E-state index in [9.17, 15) is 9.59 Å². The van der Waals surface area contributed by atoms with Crippen LogP contribution in [0.25, 0.3) is 0 Å². The van der Waals surface area contributed by atoms with Gasteiger partial charge in [0.25, 0.3) is 0 Å². The minimum absolute atomic E-state index is 0.0182. The standard InChI is InChI=1S/C13H19N3O4/c1-3-16(6-7-20-2)13(19)15-9-10-4-5-11(12(17)18)14-8-10/h4-5,8H,3,6-7,9H2,1-2H3,(H,15,19)(H,17,18). The number of aromatic nitrogens is 1. The Morgan fingerprint density at radius 1 is 1.45 bits per heavy atom. The molecular weight excluding hydrogens is 262 g/mol. The van der Waals surface area contributed by atoms with E-state index in [1.165, 1.54) is 12.3 Å². The molecule has 2 amide bonds. The highest BCUT2D eigenvalue weighted by Crippen LogP contribution is 2.01. The molecule has 0 fully saturated rings. The first-order valence-electron chi connectivity index (χ1n) is 6.28. The number of carbonyl (C=O) groups is 2. The fraction of sp³-hybridized carbons (Fsp3) is 0.462. The molecule has 0 saturated carbocycles. The molecule has 0 radical (unpaired) electrons. The zero-order valence-corrected chi connectivity index (χ0v) is 11.6. The van der Waals surface area contributed by atoms with Crippen molar-refractivity contribution in [1.29, 1.82) is 0 Å². The number of aromatic carboxylic acids is 1. The topological polar surface area (TPSA) is 91.8 Å². The Labute approximate surface area is 117 Å². The summed E-state index contributed by atoms with van der Waals surface area (Å²) in [6.45, 7) is 3.78. The summed E-state index contributed by atoms with van der Waals surface area (Å²) in [4.78, 5) is 27.9. The molecule has 0 saturated heterocycles. The van der Waals surface area contributed by atoms with E-state index < -0.39 is 5.97 Å². The molecule has 0 aliphatic heterocycles. The van der Waals surface area contributed by atoms with Gasteiger partial charge < -0.3 is 20.1 Å².